The van der Waals surface area contributed by atoms with Gasteiger partial charge < -0.3 is 19.9 Å². The molecule has 28 heavy (non-hydrogen) atoms. The van der Waals surface area contributed by atoms with E-state index in [9.17, 15) is 19.5 Å². The van der Waals surface area contributed by atoms with Crippen LogP contribution in [0.25, 0.3) is 0 Å². The smallest absolute Gasteiger partial charge is 0.255 e. The lowest BCUT2D eigenvalue weighted by Gasteiger charge is -2.48. The molecule has 1 aromatic heterocycles. The number of aromatic nitrogens is 1. The van der Waals surface area contributed by atoms with Crippen LogP contribution in [0.3, 0.4) is 0 Å². The van der Waals surface area contributed by atoms with Gasteiger partial charge in [0, 0.05) is 36.5 Å². The third-order valence-electron chi connectivity index (χ3n) is 6.72. The summed E-state index contributed by atoms with van der Waals surface area (Å²) in [4.78, 5) is 45.1. The Kier molecular flexibility index (Phi) is 5.04. The van der Waals surface area contributed by atoms with Crippen molar-refractivity contribution < 1.29 is 14.7 Å². The number of amides is 2. The van der Waals surface area contributed by atoms with E-state index in [2.05, 4.69) is 4.98 Å². The molecule has 1 aromatic rings. The molecule has 1 spiro atoms. The van der Waals surface area contributed by atoms with E-state index in [0.29, 0.717) is 30.6 Å². The summed E-state index contributed by atoms with van der Waals surface area (Å²) in [5.74, 6) is -0.159. The number of aryl methyl sites for hydroxylation is 1. The Balaban J connectivity index is 1.60. The van der Waals surface area contributed by atoms with E-state index in [-0.39, 0.29) is 29.5 Å². The Bertz CT molecular complexity index is 827. The zero-order valence-corrected chi connectivity index (χ0v) is 16.4. The van der Waals surface area contributed by atoms with E-state index in [1.807, 2.05) is 4.90 Å². The van der Waals surface area contributed by atoms with Crippen molar-refractivity contribution in [3.63, 3.8) is 0 Å². The number of pyridine rings is 1. The first-order valence-corrected chi connectivity index (χ1v) is 10.4. The van der Waals surface area contributed by atoms with Crippen LogP contribution in [0.4, 0.5) is 0 Å². The lowest BCUT2D eigenvalue weighted by Crippen LogP contribution is -2.63. The molecule has 7 heteroatoms. The average Bonchev–Trinajstić information content (AvgIpc) is 3.08. The monoisotopic (exact) mass is 387 g/mol. The molecule has 1 unspecified atom stereocenters. The van der Waals surface area contributed by atoms with Crippen LogP contribution in [0.5, 0.6) is 0 Å². The van der Waals surface area contributed by atoms with Crippen molar-refractivity contribution in [2.24, 2.45) is 0 Å². The Morgan fingerprint density at radius 3 is 2.46 bits per heavy atom. The standard InChI is InChI=1S/C21H29N3O4/c1-14-12-15(13-18(26)22-14)19(27)24-11-3-9-21(24)8-2-10-23(20(21)28)16-4-6-17(25)7-5-16/h12-13,16-17,25H,2-11H2,1H3,(H,22,26). The van der Waals surface area contributed by atoms with Gasteiger partial charge in [-0.1, -0.05) is 0 Å². The molecule has 3 aliphatic rings. The number of carbonyl (C=O) groups is 2. The number of likely N-dealkylation sites (tertiary alicyclic amines) is 2. The van der Waals surface area contributed by atoms with Gasteiger partial charge in [0.15, 0.2) is 0 Å². The fraction of sp³-hybridized carbons (Fsp3) is 0.667. The lowest BCUT2D eigenvalue weighted by molar-refractivity contribution is -0.149. The predicted octanol–water partition coefficient (Wildman–Crippen LogP) is 1.58. The number of H-pyrrole nitrogens is 1. The van der Waals surface area contributed by atoms with Crippen molar-refractivity contribution in [3.8, 4) is 0 Å². The summed E-state index contributed by atoms with van der Waals surface area (Å²) < 4.78 is 0. The third-order valence-corrected chi connectivity index (χ3v) is 6.72. The number of aromatic amines is 1. The Morgan fingerprint density at radius 1 is 1.11 bits per heavy atom. The fourth-order valence-electron chi connectivity index (χ4n) is 5.35. The highest BCUT2D eigenvalue weighted by atomic mass is 16.3. The van der Waals surface area contributed by atoms with E-state index in [4.69, 9.17) is 0 Å². The highest BCUT2D eigenvalue weighted by Gasteiger charge is 2.53. The molecule has 7 nitrogen and oxygen atoms in total. The number of nitrogens with zero attached hydrogens (tertiary/aromatic N) is 2. The molecular formula is C21H29N3O4. The third kappa shape index (κ3) is 3.26. The maximum Gasteiger partial charge on any atom is 0.255 e. The highest BCUT2D eigenvalue weighted by Crippen LogP contribution is 2.41. The van der Waals surface area contributed by atoms with E-state index >= 15 is 0 Å². The largest absolute Gasteiger partial charge is 0.393 e. The van der Waals surface area contributed by atoms with Gasteiger partial charge in [0.25, 0.3) is 5.91 Å². The van der Waals surface area contributed by atoms with Gasteiger partial charge in [-0.15, -0.1) is 0 Å². The van der Waals surface area contributed by atoms with Crippen LogP contribution >= 0.6 is 0 Å². The highest BCUT2D eigenvalue weighted by molar-refractivity contribution is 6.00. The van der Waals surface area contributed by atoms with Gasteiger partial charge >= 0.3 is 0 Å². The van der Waals surface area contributed by atoms with Crippen molar-refractivity contribution in [1.82, 2.24) is 14.8 Å². The minimum atomic E-state index is -0.776. The first kappa shape index (κ1) is 19.2. The maximum atomic E-state index is 13.6. The average molecular weight is 387 g/mol. The van der Waals surface area contributed by atoms with Gasteiger partial charge in [-0.25, -0.2) is 0 Å². The van der Waals surface area contributed by atoms with Crippen LogP contribution in [-0.4, -0.2) is 62.5 Å². The molecule has 0 aromatic carbocycles. The molecule has 3 heterocycles. The molecule has 0 bridgehead atoms. The van der Waals surface area contributed by atoms with Crippen LogP contribution in [0.2, 0.25) is 0 Å². The molecule has 0 radical (unpaired) electrons. The minimum Gasteiger partial charge on any atom is -0.393 e. The molecular weight excluding hydrogens is 358 g/mol. The normalized spacial score (nSPS) is 30.9. The van der Waals surface area contributed by atoms with Crippen molar-refractivity contribution in [1.29, 1.82) is 0 Å². The van der Waals surface area contributed by atoms with Crippen LogP contribution in [0, 0.1) is 6.92 Å². The zero-order chi connectivity index (χ0) is 19.9. The zero-order valence-electron chi connectivity index (χ0n) is 16.4. The fourth-order valence-corrected chi connectivity index (χ4v) is 5.35. The van der Waals surface area contributed by atoms with Crippen LogP contribution in [-0.2, 0) is 4.79 Å². The van der Waals surface area contributed by atoms with Gasteiger partial charge in [-0.05, 0) is 64.4 Å². The first-order chi connectivity index (χ1) is 13.4. The molecule has 3 fully saturated rings. The number of hydrogen-bond donors (Lipinski definition) is 2. The SMILES string of the molecule is Cc1cc(C(=O)N2CCCC23CCCN(C2CCC(O)CC2)C3=O)cc(=O)[nH]1. The summed E-state index contributed by atoms with van der Waals surface area (Å²) >= 11 is 0. The van der Waals surface area contributed by atoms with Crippen molar-refractivity contribution in [2.45, 2.75) is 76.0 Å². The lowest BCUT2D eigenvalue weighted by atomic mass is 9.82. The molecule has 1 atom stereocenters. The molecule has 2 saturated heterocycles. The molecule has 1 aliphatic carbocycles. The second-order valence-electron chi connectivity index (χ2n) is 8.57. The van der Waals surface area contributed by atoms with E-state index in [1.54, 1.807) is 17.9 Å². The summed E-state index contributed by atoms with van der Waals surface area (Å²) in [6.45, 7) is 3.03. The number of piperidine rings is 1. The quantitative estimate of drug-likeness (QED) is 0.806. The Labute approximate surface area is 164 Å². The number of rotatable bonds is 2. The topological polar surface area (TPSA) is 93.7 Å². The Morgan fingerprint density at radius 2 is 1.79 bits per heavy atom. The van der Waals surface area contributed by atoms with E-state index in [0.717, 1.165) is 45.1 Å². The molecule has 2 aliphatic heterocycles. The predicted molar refractivity (Wildman–Crippen MR) is 104 cm³/mol. The molecule has 2 N–H and O–H groups in total. The molecule has 1 saturated carbocycles. The van der Waals surface area contributed by atoms with Crippen LogP contribution in [0.1, 0.15) is 67.4 Å². The second-order valence-corrected chi connectivity index (χ2v) is 8.57. The number of hydrogen-bond acceptors (Lipinski definition) is 4. The number of aliphatic hydroxyl groups excluding tert-OH is 1. The minimum absolute atomic E-state index is 0.0625. The second kappa shape index (κ2) is 7.35. The van der Waals surface area contributed by atoms with E-state index < -0.39 is 5.54 Å². The number of carbonyl (C=O) groups excluding carboxylic acids is 2. The van der Waals surface area contributed by atoms with Gasteiger partial charge in [-0.2, -0.15) is 0 Å². The van der Waals surface area contributed by atoms with Gasteiger partial charge in [0.1, 0.15) is 5.54 Å². The summed E-state index contributed by atoms with van der Waals surface area (Å²) in [5, 5.41) is 9.80. The van der Waals surface area contributed by atoms with Gasteiger partial charge in [-0.3, -0.25) is 14.4 Å². The molecule has 2 amide bonds. The summed E-state index contributed by atoms with van der Waals surface area (Å²) in [6.07, 6.45) is 5.91. The Hall–Kier alpha value is -2.15. The van der Waals surface area contributed by atoms with Crippen molar-refractivity contribution in [2.75, 3.05) is 13.1 Å². The summed E-state index contributed by atoms with van der Waals surface area (Å²) in [5.41, 5.74) is -0.0781. The number of aliphatic hydroxyl groups is 1. The number of nitrogens with one attached hydrogen (secondary N) is 1. The van der Waals surface area contributed by atoms with Crippen molar-refractivity contribution >= 4 is 11.8 Å². The molecule has 152 valence electrons. The van der Waals surface area contributed by atoms with Crippen LogP contribution in [0.15, 0.2) is 16.9 Å². The van der Waals surface area contributed by atoms with Crippen molar-refractivity contribution in [3.05, 3.63) is 33.7 Å². The van der Waals surface area contributed by atoms with Gasteiger partial charge in [0.05, 0.1) is 6.10 Å². The first-order valence-electron chi connectivity index (χ1n) is 10.4. The summed E-state index contributed by atoms with van der Waals surface area (Å²) in [6, 6.07) is 3.17. The van der Waals surface area contributed by atoms with E-state index in [1.165, 1.54) is 6.07 Å². The molecule has 4 rings (SSSR count). The van der Waals surface area contributed by atoms with Crippen LogP contribution < -0.4 is 5.56 Å². The maximum absolute atomic E-state index is 13.6. The van der Waals surface area contributed by atoms with Gasteiger partial charge in [0.2, 0.25) is 11.5 Å². The summed E-state index contributed by atoms with van der Waals surface area (Å²) in [7, 11) is 0.